The molecule has 1 unspecified atom stereocenters. The van der Waals surface area contributed by atoms with Gasteiger partial charge in [-0.2, -0.15) is 0 Å². The molecule has 3 rings (SSSR count). The average molecular weight is 355 g/mol. The summed E-state index contributed by atoms with van der Waals surface area (Å²) in [4.78, 5) is 4.60. The van der Waals surface area contributed by atoms with Crippen LogP contribution in [0.1, 0.15) is 29.6 Å². The number of hydrogen-bond acceptors (Lipinski definition) is 3. The number of aromatic nitrogens is 3. The van der Waals surface area contributed by atoms with Crippen molar-refractivity contribution in [3.63, 3.8) is 0 Å². The zero-order valence-corrected chi connectivity index (χ0v) is 13.4. The highest BCUT2D eigenvalue weighted by Crippen LogP contribution is 2.27. The molecule has 0 N–H and O–H groups in total. The number of benzene rings is 1. The average Bonchev–Trinajstić information content (AvgIpc) is 2.95. The van der Waals surface area contributed by atoms with Gasteiger partial charge in [0.25, 0.3) is 0 Å². The van der Waals surface area contributed by atoms with E-state index in [9.17, 15) is 0 Å². The van der Waals surface area contributed by atoms with Gasteiger partial charge in [0, 0.05) is 10.5 Å². The lowest BCUT2D eigenvalue weighted by Gasteiger charge is -2.08. The summed E-state index contributed by atoms with van der Waals surface area (Å²) < 4.78 is 8.37. The maximum absolute atomic E-state index is 6.25. The molecule has 3 aromatic rings. The Balaban J connectivity index is 2.15. The Morgan fingerprint density at radius 2 is 2.20 bits per heavy atom. The SMILES string of the molecule is Cc1cc(Cn2c(C(C)Cl)nc3ccc(Br)cc32)on1. The first-order valence-electron chi connectivity index (χ1n) is 6.26. The van der Waals surface area contributed by atoms with Crippen LogP contribution >= 0.6 is 27.5 Å². The standard InChI is InChI=1S/C14H13BrClN3O/c1-8-5-11(20-18-8)7-19-13-6-10(15)3-4-12(13)17-14(19)9(2)16/h3-6,9H,7H2,1-2H3. The molecule has 1 aromatic carbocycles. The molecule has 0 fully saturated rings. The number of alkyl halides is 1. The molecule has 1 atom stereocenters. The molecular formula is C14H13BrClN3O. The summed E-state index contributed by atoms with van der Waals surface area (Å²) in [7, 11) is 0. The Kier molecular flexibility index (Phi) is 3.56. The fourth-order valence-corrected chi connectivity index (χ4v) is 2.75. The summed E-state index contributed by atoms with van der Waals surface area (Å²) in [6.45, 7) is 4.39. The van der Waals surface area contributed by atoms with Gasteiger partial charge in [0.05, 0.1) is 28.6 Å². The molecule has 2 heterocycles. The fourth-order valence-electron chi connectivity index (χ4n) is 2.23. The normalized spacial score (nSPS) is 13.0. The maximum atomic E-state index is 6.25. The van der Waals surface area contributed by atoms with Gasteiger partial charge in [-0.15, -0.1) is 11.6 Å². The molecule has 0 aliphatic rings. The zero-order chi connectivity index (χ0) is 14.3. The van der Waals surface area contributed by atoms with Gasteiger partial charge in [0.2, 0.25) is 0 Å². The Morgan fingerprint density at radius 1 is 1.40 bits per heavy atom. The molecule has 2 aromatic heterocycles. The van der Waals surface area contributed by atoms with Crippen LogP contribution in [0.5, 0.6) is 0 Å². The highest BCUT2D eigenvalue weighted by molar-refractivity contribution is 9.10. The van der Waals surface area contributed by atoms with E-state index in [1.807, 2.05) is 38.1 Å². The van der Waals surface area contributed by atoms with Gasteiger partial charge in [-0.1, -0.05) is 21.1 Å². The molecule has 0 aliphatic heterocycles. The van der Waals surface area contributed by atoms with E-state index in [1.165, 1.54) is 0 Å². The van der Waals surface area contributed by atoms with Crippen molar-refractivity contribution in [2.75, 3.05) is 0 Å². The molecule has 0 bridgehead atoms. The molecule has 4 nitrogen and oxygen atoms in total. The molecule has 0 aliphatic carbocycles. The summed E-state index contributed by atoms with van der Waals surface area (Å²) in [5, 5.41) is 3.74. The van der Waals surface area contributed by atoms with E-state index in [1.54, 1.807) is 0 Å². The van der Waals surface area contributed by atoms with Crippen LogP contribution in [0.4, 0.5) is 0 Å². The number of rotatable bonds is 3. The largest absolute Gasteiger partial charge is 0.359 e. The number of halogens is 2. The van der Waals surface area contributed by atoms with E-state index in [-0.39, 0.29) is 5.38 Å². The second-order valence-corrected chi connectivity index (χ2v) is 6.31. The van der Waals surface area contributed by atoms with E-state index in [4.69, 9.17) is 16.1 Å². The van der Waals surface area contributed by atoms with Crippen LogP contribution in [0.25, 0.3) is 11.0 Å². The third-order valence-electron chi connectivity index (χ3n) is 3.09. The number of nitrogens with zero attached hydrogens (tertiary/aromatic N) is 3. The van der Waals surface area contributed by atoms with Crippen LogP contribution < -0.4 is 0 Å². The van der Waals surface area contributed by atoms with Gasteiger partial charge in [-0.25, -0.2) is 4.98 Å². The number of hydrogen-bond donors (Lipinski definition) is 0. The molecular weight excluding hydrogens is 342 g/mol. The van der Waals surface area contributed by atoms with E-state index < -0.39 is 0 Å². The van der Waals surface area contributed by atoms with Gasteiger partial charge in [-0.05, 0) is 32.0 Å². The van der Waals surface area contributed by atoms with Crippen LogP contribution in [0.2, 0.25) is 0 Å². The summed E-state index contributed by atoms with van der Waals surface area (Å²) in [5.74, 6) is 1.62. The maximum Gasteiger partial charge on any atom is 0.156 e. The summed E-state index contributed by atoms with van der Waals surface area (Å²) in [5.41, 5.74) is 2.81. The third-order valence-corrected chi connectivity index (χ3v) is 3.77. The second-order valence-electron chi connectivity index (χ2n) is 4.74. The zero-order valence-electron chi connectivity index (χ0n) is 11.1. The number of aryl methyl sites for hydroxylation is 1. The van der Waals surface area contributed by atoms with E-state index in [0.29, 0.717) is 6.54 Å². The van der Waals surface area contributed by atoms with Crippen LogP contribution in [0.15, 0.2) is 33.3 Å². The molecule has 0 radical (unpaired) electrons. The summed E-state index contributed by atoms with van der Waals surface area (Å²) >= 11 is 9.74. The van der Waals surface area contributed by atoms with Crippen molar-refractivity contribution in [2.24, 2.45) is 0 Å². The van der Waals surface area contributed by atoms with E-state index >= 15 is 0 Å². The first kappa shape index (κ1) is 13.6. The molecule has 20 heavy (non-hydrogen) atoms. The lowest BCUT2D eigenvalue weighted by Crippen LogP contribution is -2.05. The summed E-state index contributed by atoms with van der Waals surface area (Å²) in [6.07, 6.45) is 0. The predicted octanol–water partition coefficient (Wildman–Crippen LogP) is 4.44. The van der Waals surface area contributed by atoms with E-state index in [2.05, 4.69) is 30.6 Å². The molecule has 0 amide bonds. The van der Waals surface area contributed by atoms with Crippen molar-refractivity contribution in [2.45, 2.75) is 25.8 Å². The minimum absolute atomic E-state index is 0.176. The first-order chi connectivity index (χ1) is 9.54. The van der Waals surface area contributed by atoms with Gasteiger partial charge < -0.3 is 9.09 Å². The number of imidazole rings is 1. The van der Waals surface area contributed by atoms with Gasteiger partial charge in [0.1, 0.15) is 5.82 Å². The highest BCUT2D eigenvalue weighted by Gasteiger charge is 2.16. The van der Waals surface area contributed by atoms with Crippen molar-refractivity contribution in [1.29, 1.82) is 0 Å². The van der Waals surface area contributed by atoms with Crippen molar-refractivity contribution in [1.82, 2.24) is 14.7 Å². The van der Waals surface area contributed by atoms with Crippen molar-refractivity contribution >= 4 is 38.6 Å². The smallest absolute Gasteiger partial charge is 0.156 e. The number of fused-ring (bicyclic) bond motifs is 1. The third kappa shape index (κ3) is 2.47. The second kappa shape index (κ2) is 5.22. The van der Waals surface area contributed by atoms with Crippen LogP contribution in [0.3, 0.4) is 0 Å². The Labute approximate surface area is 129 Å². The minimum Gasteiger partial charge on any atom is -0.359 e. The Hall–Kier alpha value is -1.33. The quantitative estimate of drug-likeness (QED) is 0.653. The van der Waals surface area contributed by atoms with Crippen LogP contribution in [-0.4, -0.2) is 14.7 Å². The van der Waals surface area contributed by atoms with Gasteiger partial charge in [0.15, 0.2) is 5.76 Å². The topological polar surface area (TPSA) is 43.9 Å². The molecule has 0 spiro atoms. The van der Waals surface area contributed by atoms with Gasteiger partial charge in [-0.3, -0.25) is 0 Å². The van der Waals surface area contributed by atoms with Crippen molar-refractivity contribution < 1.29 is 4.52 Å². The monoisotopic (exact) mass is 353 g/mol. The minimum atomic E-state index is -0.176. The van der Waals surface area contributed by atoms with Crippen LogP contribution in [0, 0.1) is 6.92 Å². The van der Waals surface area contributed by atoms with E-state index in [0.717, 1.165) is 32.8 Å². The summed E-state index contributed by atoms with van der Waals surface area (Å²) in [6, 6.07) is 7.91. The molecule has 6 heteroatoms. The van der Waals surface area contributed by atoms with Crippen molar-refractivity contribution in [3.05, 3.63) is 46.0 Å². The molecule has 0 saturated heterocycles. The fraction of sp³-hybridized carbons (Fsp3) is 0.286. The lowest BCUT2D eigenvalue weighted by atomic mass is 10.3. The van der Waals surface area contributed by atoms with Crippen LogP contribution in [-0.2, 0) is 6.54 Å². The first-order valence-corrected chi connectivity index (χ1v) is 7.49. The molecule has 0 saturated carbocycles. The lowest BCUT2D eigenvalue weighted by molar-refractivity contribution is 0.372. The highest BCUT2D eigenvalue weighted by atomic mass is 79.9. The van der Waals surface area contributed by atoms with Gasteiger partial charge >= 0.3 is 0 Å². The predicted molar refractivity (Wildman–Crippen MR) is 82.0 cm³/mol. The Morgan fingerprint density at radius 3 is 2.85 bits per heavy atom. The van der Waals surface area contributed by atoms with Crippen molar-refractivity contribution in [3.8, 4) is 0 Å². The molecule has 104 valence electrons. The Bertz CT molecular complexity index is 763.